The van der Waals surface area contributed by atoms with Gasteiger partial charge in [-0.3, -0.25) is 19.6 Å². The molecule has 0 unspecified atom stereocenters. The third-order valence-corrected chi connectivity index (χ3v) is 6.36. The summed E-state index contributed by atoms with van der Waals surface area (Å²) in [6, 6.07) is 9.39. The smallest absolute Gasteiger partial charge is 0.0234 e. The van der Waals surface area contributed by atoms with Crippen molar-refractivity contribution in [1.82, 2.24) is 24.5 Å². The number of hydrogen-bond donors (Lipinski definition) is 0. The van der Waals surface area contributed by atoms with E-state index in [9.17, 15) is 0 Å². The van der Waals surface area contributed by atoms with Gasteiger partial charge in [-0.2, -0.15) is 0 Å². The number of fused-ring (bicyclic) bond motifs is 1. The van der Waals surface area contributed by atoms with Crippen LogP contribution in [0.4, 0.5) is 0 Å². The lowest BCUT2D eigenvalue weighted by Crippen LogP contribution is -2.49. The average molecular weight is 358 g/mol. The van der Waals surface area contributed by atoms with Gasteiger partial charge in [-0.1, -0.05) is 24.3 Å². The molecule has 144 valence electrons. The van der Waals surface area contributed by atoms with E-state index < -0.39 is 0 Å². The van der Waals surface area contributed by atoms with Crippen molar-refractivity contribution in [2.75, 3.05) is 85.6 Å². The summed E-state index contributed by atoms with van der Waals surface area (Å²) < 4.78 is 0. The molecule has 0 amide bonds. The molecule has 1 aromatic rings. The number of benzene rings is 1. The van der Waals surface area contributed by atoms with E-state index in [2.05, 4.69) is 55.8 Å². The molecule has 5 nitrogen and oxygen atoms in total. The Morgan fingerprint density at radius 2 is 0.769 bits per heavy atom. The topological polar surface area (TPSA) is 16.2 Å². The summed E-state index contributed by atoms with van der Waals surface area (Å²) >= 11 is 0. The Morgan fingerprint density at radius 1 is 0.462 bits per heavy atom. The van der Waals surface area contributed by atoms with Crippen LogP contribution in [0.5, 0.6) is 0 Å². The highest BCUT2D eigenvalue weighted by Crippen LogP contribution is 2.13. The van der Waals surface area contributed by atoms with Crippen molar-refractivity contribution < 1.29 is 0 Å². The molecular weight excluding hydrogens is 322 g/mol. The van der Waals surface area contributed by atoms with Crippen LogP contribution in [-0.4, -0.2) is 110 Å². The Bertz CT molecular complexity index is 495. The first kappa shape index (κ1) is 18.4. The maximum atomic E-state index is 2.64. The number of likely N-dealkylation sites (N-methyl/N-ethyl adjacent to an activating group) is 1. The van der Waals surface area contributed by atoms with Crippen LogP contribution in [0.1, 0.15) is 11.1 Å². The van der Waals surface area contributed by atoms with E-state index in [-0.39, 0.29) is 0 Å². The van der Waals surface area contributed by atoms with Gasteiger partial charge < -0.3 is 4.90 Å². The van der Waals surface area contributed by atoms with Gasteiger partial charge in [-0.15, -0.1) is 0 Å². The van der Waals surface area contributed by atoms with Crippen molar-refractivity contribution in [2.45, 2.75) is 13.1 Å². The van der Waals surface area contributed by atoms with Crippen LogP contribution in [0.2, 0.25) is 0 Å². The molecule has 5 heteroatoms. The Labute approximate surface area is 159 Å². The molecule has 7 aliphatic rings. The van der Waals surface area contributed by atoms with Gasteiger partial charge in [-0.05, 0) is 18.2 Å². The Morgan fingerprint density at radius 3 is 1.15 bits per heavy atom. The van der Waals surface area contributed by atoms with E-state index >= 15 is 0 Å². The zero-order chi connectivity index (χ0) is 17.8. The molecule has 0 N–H and O–H groups in total. The largest absolute Gasteiger partial charge is 0.304 e. The molecule has 8 rings (SSSR count). The molecule has 26 heavy (non-hydrogen) atoms. The monoisotopic (exact) mass is 357 g/mol. The maximum Gasteiger partial charge on any atom is 0.0234 e. The summed E-state index contributed by atoms with van der Waals surface area (Å²) in [6.45, 7) is 16.7. The summed E-state index contributed by atoms with van der Waals surface area (Å²) in [6.07, 6.45) is 0. The van der Waals surface area contributed by atoms with Gasteiger partial charge in [0, 0.05) is 91.6 Å². The van der Waals surface area contributed by atoms with Crippen molar-refractivity contribution in [1.29, 1.82) is 0 Å². The highest BCUT2D eigenvalue weighted by molar-refractivity contribution is 5.22. The molecule has 0 aromatic heterocycles. The fourth-order valence-electron chi connectivity index (χ4n) is 4.34. The standard InChI is InChI=1S/C21H35N5/c1-22-6-8-23-10-14-25(15-11-23)18-20-2-3-21(5-4-20)19-26-16-12-24(9-7-22)13-17-26/h2-5H,6-19H2,1H3. The maximum absolute atomic E-state index is 2.64. The first-order valence-electron chi connectivity index (χ1n) is 10.4. The second-order valence-corrected chi connectivity index (χ2v) is 8.36. The second-order valence-electron chi connectivity index (χ2n) is 8.36. The Balaban J connectivity index is 1.42. The van der Waals surface area contributed by atoms with Gasteiger partial charge in [0.1, 0.15) is 0 Å². The fourth-order valence-corrected chi connectivity index (χ4v) is 4.34. The van der Waals surface area contributed by atoms with Crippen molar-refractivity contribution >= 4 is 0 Å². The van der Waals surface area contributed by atoms with Crippen LogP contribution in [0.25, 0.3) is 0 Å². The minimum Gasteiger partial charge on any atom is -0.304 e. The molecule has 7 heterocycles. The van der Waals surface area contributed by atoms with Crippen LogP contribution in [0.15, 0.2) is 24.3 Å². The van der Waals surface area contributed by atoms with Crippen LogP contribution in [0.3, 0.4) is 0 Å². The third kappa shape index (κ3) is 5.05. The molecule has 0 spiro atoms. The molecule has 1 aromatic carbocycles. The predicted octanol–water partition coefficient (Wildman–Crippen LogP) is 0.867. The highest BCUT2D eigenvalue weighted by Gasteiger charge is 2.19. The van der Waals surface area contributed by atoms with Crippen LogP contribution in [0, 0.1) is 0 Å². The van der Waals surface area contributed by atoms with E-state index in [0.29, 0.717) is 0 Å². The van der Waals surface area contributed by atoms with Gasteiger partial charge in [0.2, 0.25) is 0 Å². The number of piperazine rings is 2. The van der Waals surface area contributed by atoms with Crippen LogP contribution < -0.4 is 0 Å². The zero-order valence-electron chi connectivity index (χ0n) is 16.4. The van der Waals surface area contributed by atoms with Gasteiger partial charge in [0.15, 0.2) is 0 Å². The SMILES string of the molecule is CN1CCN2CCN(CC2)Cc2ccc(cc2)CN2CCN(CC1)CC2. The van der Waals surface area contributed by atoms with Gasteiger partial charge in [0.25, 0.3) is 0 Å². The third-order valence-electron chi connectivity index (χ3n) is 6.36. The lowest BCUT2D eigenvalue weighted by molar-refractivity contribution is 0.105. The average Bonchev–Trinajstić information content (AvgIpc) is 2.68. The van der Waals surface area contributed by atoms with E-state index in [0.717, 1.165) is 13.1 Å². The molecule has 0 atom stereocenters. The molecule has 2 fully saturated rings. The predicted molar refractivity (Wildman–Crippen MR) is 107 cm³/mol. The van der Waals surface area contributed by atoms with Gasteiger partial charge in [-0.25, -0.2) is 0 Å². The lowest BCUT2D eigenvalue weighted by Gasteiger charge is -2.36. The molecule has 6 bridgehead atoms. The van der Waals surface area contributed by atoms with Crippen molar-refractivity contribution in [2.24, 2.45) is 0 Å². The van der Waals surface area contributed by atoms with Crippen LogP contribution >= 0.6 is 0 Å². The zero-order valence-corrected chi connectivity index (χ0v) is 16.4. The molecule has 7 aliphatic heterocycles. The van der Waals surface area contributed by atoms with E-state index in [1.54, 1.807) is 0 Å². The minimum atomic E-state index is 1.10. The molecular formula is C21H35N5. The summed E-state index contributed by atoms with van der Waals surface area (Å²) in [5.74, 6) is 0. The molecule has 0 saturated carbocycles. The van der Waals surface area contributed by atoms with E-state index in [1.165, 1.54) is 89.7 Å². The van der Waals surface area contributed by atoms with E-state index in [4.69, 9.17) is 0 Å². The molecule has 2 saturated heterocycles. The fraction of sp³-hybridized carbons (Fsp3) is 0.714. The summed E-state index contributed by atoms with van der Waals surface area (Å²) in [7, 11) is 2.29. The Hall–Kier alpha value is -0.980. The lowest BCUT2D eigenvalue weighted by atomic mass is 10.1. The second kappa shape index (κ2) is 8.81. The summed E-state index contributed by atoms with van der Waals surface area (Å²) in [5.41, 5.74) is 2.93. The molecule has 0 aliphatic carbocycles. The van der Waals surface area contributed by atoms with Gasteiger partial charge in [0.05, 0.1) is 0 Å². The quantitative estimate of drug-likeness (QED) is 0.683. The van der Waals surface area contributed by atoms with Crippen molar-refractivity contribution in [3.8, 4) is 0 Å². The normalized spacial score (nSPS) is 34.3. The number of nitrogens with zero attached hydrogens (tertiary/aromatic N) is 5. The van der Waals surface area contributed by atoms with Crippen molar-refractivity contribution in [3.63, 3.8) is 0 Å². The number of rotatable bonds is 0. The first-order valence-corrected chi connectivity index (χ1v) is 10.4. The highest BCUT2D eigenvalue weighted by atomic mass is 15.3. The van der Waals surface area contributed by atoms with E-state index in [1.807, 2.05) is 0 Å². The van der Waals surface area contributed by atoms with Crippen molar-refractivity contribution in [3.05, 3.63) is 35.4 Å². The number of hydrogen-bond acceptors (Lipinski definition) is 5. The van der Waals surface area contributed by atoms with Gasteiger partial charge >= 0.3 is 0 Å². The first-order chi connectivity index (χ1) is 12.7. The summed E-state index contributed by atoms with van der Waals surface area (Å²) in [5, 5.41) is 0. The minimum absolute atomic E-state index is 1.10. The van der Waals surface area contributed by atoms with Crippen LogP contribution in [-0.2, 0) is 13.1 Å². The molecule has 0 radical (unpaired) electrons. The Kier molecular flexibility index (Phi) is 6.23. The summed E-state index contributed by atoms with van der Waals surface area (Å²) in [4.78, 5) is 13.0.